The molecule has 1 fully saturated rings. The Morgan fingerprint density at radius 3 is 2.72 bits per heavy atom. The molecule has 156 valence electrons. The third-order valence-electron chi connectivity index (χ3n) is 5.27. The molecule has 2 N–H and O–H groups in total. The highest BCUT2D eigenvalue weighted by atomic mass is 16.5. The van der Waals surface area contributed by atoms with Gasteiger partial charge < -0.3 is 20.3 Å². The summed E-state index contributed by atoms with van der Waals surface area (Å²) in [4.78, 5) is 32.7. The van der Waals surface area contributed by atoms with Crippen molar-refractivity contribution in [3.63, 3.8) is 0 Å². The third-order valence-corrected chi connectivity index (χ3v) is 5.27. The first-order chi connectivity index (χ1) is 13.8. The van der Waals surface area contributed by atoms with Gasteiger partial charge in [0.05, 0.1) is 11.6 Å². The van der Waals surface area contributed by atoms with Crippen LogP contribution in [0, 0.1) is 6.92 Å². The fourth-order valence-corrected chi connectivity index (χ4v) is 3.77. The van der Waals surface area contributed by atoms with Gasteiger partial charge in [0, 0.05) is 57.6 Å². The molecule has 29 heavy (non-hydrogen) atoms. The van der Waals surface area contributed by atoms with E-state index in [1.807, 2.05) is 44.1 Å². The Labute approximate surface area is 171 Å². The molecule has 1 aliphatic heterocycles. The number of nitrogens with zero attached hydrogens (tertiary/aromatic N) is 3. The fourth-order valence-electron chi connectivity index (χ4n) is 3.77. The molecule has 3 rings (SSSR count). The lowest BCUT2D eigenvalue weighted by Crippen LogP contribution is -2.37. The number of para-hydroxylation sites is 1. The number of hydrogen-bond donors (Lipinski definition) is 1. The van der Waals surface area contributed by atoms with Crippen LogP contribution >= 0.6 is 0 Å². The number of rotatable bonds is 8. The van der Waals surface area contributed by atoms with Gasteiger partial charge in [0.1, 0.15) is 5.82 Å². The van der Waals surface area contributed by atoms with Crippen molar-refractivity contribution in [3.05, 3.63) is 35.4 Å². The molecule has 7 heteroatoms. The van der Waals surface area contributed by atoms with Crippen LogP contribution in [0.15, 0.2) is 24.3 Å². The first-order valence-corrected chi connectivity index (χ1v) is 10.1. The number of ether oxygens (including phenoxy) is 1. The first kappa shape index (κ1) is 21.0. The van der Waals surface area contributed by atoms with Gasteiger partial charge in [-0.2, -0.15) is 0 Å². The minimum Gasteiger partial charge on any atom is -0.376 e. The molecule has 1 aromatic heterocycles. The quantitative estimate of drug-likeness (QED) is 0.737. The van der Waals surface area contributed by atoms with Crippen LogP contribution < -0.4 is 10.6 Å². The molecule has 0 bridgehead atoms. The minimum absolute atomic E-state index is 0.0333. The monoisotopic (exact) mass is 398 g/mol. The molecular formula is C22H30N4O3. The Kier molecular flexibility index (Phi) is 6.69. The highest BCUT2D eigenvalue weighted by Gasteiger charge is 2.24. The largest absolute Gasteiger partial charge is 0.376 e. The molecule has 1 aromatic carbocycles. The number of carbonyl (C=O) groups is 2. The van der Waals surface area contributed by atoms with E-state index in [2.05, 4.69) is 6.07 Å². The van der Waals surface area contributed by atoms with E-state index in [0.717, 1.165) is 47.3 Å². The van der Waals surface area contributed by atoms with E-state index < -0.39 is 5.91 Å². The van der Waals surface area contributed by atoms with Crippen LogP contribution in [0.3, 0.4) is 0 Å². The van der Waals surface area contributed by atoms with Crippen LogP contribution in [0.4, 0.5) is 5.82 Å². The van der Waals surface area contributed by atoms with E-state index >= 15 is 0 Å². The lowest BCUT2D eigenvalue weighted by atomic mass is 10.1. The van der Waals surface area contributed by atoms with Crippen molar-refractivity contribution in [3.8, 4) is 0 Å². The number of benzene rings is 1. The second kappa shape index (κ2) is 9.22. The van der Waals surface area contributed by atoms with Gasteiger partial charge in [0.2, 0.25) is 11.8 Å². The molecule has 0 radical (unpaired) electrons. The van der Waals surface area contributed by atoms with Gasteiger partial charge in [-0.25, -0.2) is 4.98 Å². The van der Waals surface area contributed by atoms with Crippen LogP contribution in [0.25, 0.3) is 10.9 Å². The molecular weight excluding hydrogens is 368 g/mol. The number of aryl methyl sites for hydroxylation is 1. The van der Waals surface area contributed by atoms with E-state index in [-0.39, 0.29) is 24.9 Å². The van der Waals surface area contributed by atoms with Crippen LogP contribution in [-0.4, -0.2) is 55.0 Å². The molecule has 0 aliphatic carbocycles. The Balaban J connectivity index is 1.92. The lowest BCUT2D eigenvalue weighted by Gasteiger charge is -2.27. The predicted octanol–water partition coefficient (Wildman–Crippen LogP) is 2.38. The number of amides is 2. The summed E-state index contributed by atoms with van der Waals surface area (Å²) in [6.45, 7) is 3.71. The summed E-state index contributed by atoms with van der Waals surface area (Å²) >= 11 is 0. The summed E-state index contributed by atoms with van der Waals surface area (Å²) in [6, 6.07) is 8.21. The molecule has 7 nitrogen and oxygen atoms in total. The average molecular weight is 399 g/mol. The van der Waals surface area contributed by atoms with Gasteiger partial charge in [-0.05, 0) is 31.4 Å². The maximum absolute atomic E-state index is 12.9. The Hall–Kier alpha value is -2.67. The fraction of sp³-hybridized carbons (Fsp3) is 0.500. The number of anilines is 1. The normalized spacial score (nSPS) is 16.2. The zero-order valence-corrected chi connectivity index (χ0v) is 17.5. The van der Waals surface area contributed by atoms with Crippen molar-refractivity contribution in [2.24, 2.45) is 5.73 Å². The number of aromatic nitrogens is 1. The predicted molar refractivity (Wildman–Crippen MR) is 114 cm³/mol. The molecule has 1 unspecified atom stereocenters. The summed E-state index contributed by atoms with van der Waals surface area (Å²) in [6.07, 6.45) is 2.14. The van der Waals surface area contributed by atoms with Crippen LogP contribution in [0.2, 0.25) is 0 Å². The van der Waals surface area contributed by atoms with E-state index in [1.54, 1.807) is 4.90 Å². The lowest BCUT2D eigenvalue weighted by molar-refractivity contribution is -0.135. The molecule has 2 amide bonds. The summed E-state index contributed by atoms with van der Waals surface area (Å²) in [7, 11) is 3.91. The van der Waals surface area contributed by atoms with Gasteiger partial charge in [-0.15, -0.1) is 0 Å². The van der Waals surface area contributed by atoms with Crippen LogP contribution in [-0.2, 0) is 20.9 Å². The number of fused-ring (bicyclic) bond motifs is 1. The SMILES string of the molecule is Cc1cccc2cc(CN(CC3CCCO3)C(=O)CCC(N)=O)c(N(C)C)nc12. The van der Waals surface area contributed by atoms with Crippen molar-refractivity contribution in [2.75, 3.05) is 32.1 Å². The van der Waals surface area contributed by atoms with Gasteiger partial charge in [0.15, 0.2) is 0 Å². The number of hydrogen-bond acceptors (Lipinski definition) is 5. The van der Waals surface area contributed by atoms with Gasteiger partial charge in [-0.1, -0.05) is 18.2 Å². The highest BCUT2D eigenvalue weighted by molar-refractivity contribution is 5.85. The summed E-state index contributed by atoms with van der Waals surface area (Å²) in [5.74, 6) is 0.285. The summed E-state index contributed by atoms with van der Waals surface area (Å²) in [5, 5.41) is 1.05. The van der Waals surface area contributed by atoms with Crippen molar-refractivity contribution < 1.29 is 14.3 Å². The smallest absolute Gasteiger partial charge is 0.223 e. The van der Waals surface area contributed by atoms with Crippen molar-refractivity contribution in [1.82, 2.24) is 9.88 Å². The number of pyridine rings is 1. The van der Waals surface area contributed by atoms with E-state index in [0.29, 0.717) is 13.1 Å². The van der Waals surface area contributed by atoms with Crippen molar-refractivity contribution in [2.45, 2.75) is 45.3 Å². The number of carbonyl (C=O) groups excluding carboxylic acids is 2. The van der Waals surface area contributed by atoms with E-state index in [4.69, 9.17) is 15.5 Å². The number of primary amides is 1. The van der Waals surface area contributed by atoms with Gasteiger partial charge >= 0.3 is 0 Å². The molecule has 0 saturated carbocycles. The Morgan fingerprint density at radius 1 is 1.28 bits per heavy atom. The van der Waals surface area contributed by atoms with Crippen LogP contribution in [0.5, 0.6) is 0 Å². The van der Waals surface area contributed by atoms with Crippen molar-refractivity contribution >= 4 is 28.5 Å². The molecule has 1 saturated heterocycles. The third kappa shape index (κ3) is 5.23. The van der Waals surface area contributed by atoms with E-state index in [1.165, 1.54) is 0 Å². The molecule has 2 aromatic rings. The topological polar surface area (TPSA) is 88.8 Å². The average Bonchev–Trinajstić information content (AvgIpc) is 3.18. The molecule has 1 atom stereocenters. The minimum atomic E-state index is -0.466. The maximum atomic E-state index is 12.9. The van der Waals surface area contributed by atoms with Gasteiger partial charge in [0.25, 0.3) is 0 Å². The number of nitrogens with two attached hydrogens (primary N) is 1. The second-order valence-electron chi connectivity index (χ2n) is 7.89. The van der Waals surface area contributed by atoms with Crippen LogP contribution in [0.1, 0.15) is 36.8 Å². The maximum Gasteiger partial charge on any atom is 0.223 e. The summed E-state index contributed by atoms with van der Waals surface area (Å²) < 4.78 is 5.75. The van der Waals surface area contributed by atoms with Crippen molar-refractivity contribution in [1.29, 1.82) is 0 Å². The molecule has 1 aliphatic rings. The summed E-state index contributed by atoms with van der Waals surface area (Å²) in [5.41, 5.74) is 8.30. The zero-order valence-electron chi connectivity index (χ0n) is 17.5. The second-order valence-corrected chi connectivity index (χ2v) is 7.89. The van der Waals surface area contributed by atoms with Gasteiger partial charge in [-0.3, -0.25) is 9.59 Å². The molecule has 0 spiro atoms. The standard InChI is InChI=1S/C22H30N4O3/c1-15-6-4-7-16-12-17(22(25(2)3)24-21(15)16)13-26(14-18-8-5-11-29-18)20(28)10-9-19(23)27/h4,6-7,12,18H,5,8-11,13-14H2,1-3H3,(H2,23,27). The Morgan fingerprint density at radius 2 is 2.07 bits per heavy atom. The first-order valence-electron chi connectivity index (χ1n) is 10.1. The van der Waals surface area contributed by atoms with E-state index in [9.17, 15) is 9.59 Å². The Bertz CT molecular complexity index is 891. The highest BCUT2D eigenvalue weighted by Crippen LogP contribution is 2.26. The zero-order chi connectivity index (χ0) is 21.0. The molecule has 2 heterocycles.